The van der Waals surface area contributed by atoms with E-state index >= 15 is 0 Å². The third-order valence-electron chi connectivity index (χ3n) is 3.79. The van der Waals surface area contributed by atoms with Gasteiger partial charge in [0.1, 0.15) is 11.9 Å². The zero-order chi connectivity index (χ0) is 17.8. The standard InChI is InChI=1S/C18H16BrFN2O3/c19-14-10-12(20)6-7-15(14)22-17(23)11-3-1-4-13(9-11)21-18(24)16-5-2-8-25-16/h1,3-4,6-7,9-10,16H,2,5,8H2,(H,21,24)(H,22,23). The summed E-state index contributed by atoms with van der Waals surface area (Å²) in [7, 11) is 0. The second-order valence-electron chi connectivity index (χ2n) is 5.65. The van der Waals surface area contributed by atoms with Crippen LogP contribution in [0.15, 0.2) is 46.9 Å². The van der Waals surface area contributed by atoms with Gasteiger partial charge >= 0.3 is 0 Å². The largest absolute Gasteiger partial charge is 0.368 e. The van der Waals surface area contributed by atoms with Crippen LogP contribution in [-0.2, 0) is 9.53 Å². The van der Waals surface area contributed by atoms with E-state index in [1.165, 1.54) is 18.2 Å². The van der Waals surface area contributed by atoms with E-state index in [2.05, 4.69) is 26.6 Å². The highest BCUT2D eigenvalue weighted by atomic mass is 79.9. The molecule has 1 heterocycles. The zero-order valence-corrected chi connectivity index (χ0v) is 14.8. The summed E-state index contributed by atoms with van der Waals surface area (Å²) in [4.78, 5) is 24.5. The Kier molecular flexibility index (Phi) is 5.45. The molecule has 2 N–H and O–H groups in total. The Morgan fingerprint density at radius 3 is 2.72 bits per heavy atom. The van der Waals surface area contributed by atoms with Gasteiger partial charge in [-0.1, -0.05) is 6.07 Å². The number of rotatable bonds is 4. The Morgan fingerprint density at radius 2 is 2.00 bits per heavy atom. The van der Waals surface area contributed by atoms with Crippen molar-refractivity contribution in [1.82, 2.24) is 0 Å². The van der Waals surface area contributed by atoms with Gasteiger partial charge < -0.3 is 15.4 Å². The Bertz CT molecular complexity index is 807. The lowest BCUT2D eigenvalue weighted by Crippen LogP contribution is -2.27. The van der Waals surface area contributed by atoms with Crippen molar-refractivity contribution >= 4 is 39.1 Å². The van der Waals surface area contributed by atoms with Crippen LogP contribution in [0.5, 0.6) is 0 Å². The molecule has 2 amide bonds. The fraction of sp³-hybridized carbons (Fsp3) is 0.222. The van der Waals surface area contributed by atoms with E-state index in [0.717, 1.165) is 6.42 Å². The van der Waals surface area contributed by atoms with Crippen LogP contribution in [-0.4, -0.2) is 24.5 Å². The molecule has 0 aliphatic carbocycles. The number of hydrogen-bond acceptors (Lipinski definition) is 3. The van der Waals surface area contributed by atoms with Crippen molar-refractivity contribution in [3.63, 3.8) is 0 Å². The van der Waals surface area contributed by atoms with Crippen molar-refractivity contribution < 1.29 is 18.7 Å². The SMILES string of the molecule is O=C(Nc1ccc(F)cc1Br)c1cccc(NC(=O)C2CCCO2)c1. The van der Waals surface area contributed by atoms with Crippen molar-refractivity contribution in [1.29, 1.82) is 0 Å². The average Bonchev–Trinajstić information content (AvgIpc) is 3.12. The maximum atomic E-state index is 13.1. The molecule has 7 heteroatoms. The molecule has 1 unspecified atom stereocenters. The number of nitrogens with one attached hydrogen (secondary N) is 2. The summed E-state index contributed by atoms with van der Waals surface area (Å²) in [6, 6.07) is 10.6. The second kappa shape index (κ2) is 7.76. The molecule has 2 aromatic carbocycles. The van der Waals surface area contributed by atoms with Crippen LogP contribution in [0.3, 0.4) is 0 Å². The van der Waals surface area contributed by atoms with Gasteiger partial charge in [0.05, 0.1) is 5.69 Å². The van der Waals surface area contributed by atoms with Crippen molar-refractivity contribution in [2.24, 2.45) is 0 Å². The lowest BCUT2D eigenvalue weighted by Gasteiger charge is -2.12. The lowest BCUT2D eigenvalue weighted by atomic mass is 10.1. The molecule has 25 heavy (non-hydrogen) atoms. The summed E-state index contributed by atoms with van der Waals surface area (Å²) in [5.41, 5.74) is 1.35. The predicted molar refractivity (Wildman–Crippen MR) is 96.1 cm³/mol. The number of carbonyl (C=O) groups excluding carboxylic acids is 2. The topological polar surface area (TPSA) is 67.4 Å². The average molecular weight is 407 g/mol. The molecule has 0 aromatic heterocycles. The molecular formula is C18H16BrFN2O3. The normalized spacial score (nSPS) is 16.5. The maximum Gasteiger partial charge on any atom is 0.255 e. The molecule has 3 rings (SSSR count). The van der Waals surface area contributed by atoms with E-state index in [0.29, 0.717) is 34.4 Å². The van der Waals surface area contributed by atoms with Crippen LogP contribution in [0.4, 0.5) is 15.8 Å². The smallest absolute Gasteiger partial charge is 0.255 e. The van der Waals surface area contributed by atoms with Crippen LogP contribution in [0.1, 0.15) is 23.2 Å². The number of hydrogen-bond donors (Lipinski definition) is 2. The first-order valence-corrected chi connectivity index (χ1v) is 8.61. The Morgan fingerprint density at radius 1 is 1.16 bits per heavy atom. The summed E-state index contributed by atoms with van der Waals surface area (Å²) in [5.74, 6) is -0.972. The fourth-order valence-electron chi connectivity index (χ4n) is 2.53. The van der Waals surface area contributed by atoms with Gasteiger partial charge in [-0.3, -0.25) is 9.59 Å². The molecule has 1 saturated heterocycles. The summed E-state index contributed by atoms with van der Waals surface area (Å²) in [5, 5.41) is 5.46. The first-order chi connectivity index (χ1) is 12.0. The highest BCUT2D eigenvalue weighted by Crippen LogP contribution is 2.24. The van der Waals surface area contributed by atoms with Crippen molar-refractivity contribution in [2.45, 2.75) is 18.9 Å². The number of ether oxygens (including phenoxy) is 1. The molecule has 0 spiro atoms. The molecule has 5 nitrogen and oxygen atoms in total. The van der Waals surface area contributed by atoms with E-state index < -0.39 is 11.9 Å². The molecule has 2 aromatic rings. The highest BCUT2D eigenvalue weighted by Gasteiger charge is 2.23. The van der Waals surface area contributed by atoms with Crippen LogP contribution in [0, 0.1) is 5.82 Å². The number of anilines is 2. The highest BCUT2D eigenvalue weighted by molar-refractivity contribution is 9.10. The van der Waals surface area contributed by atoms with E-state index in [1.807, 2.05) is 0 Å². The molecule has 1 atom stereocenters. The number of halogens is 2. The minimum absolute atomic E-state index is 0.212. The molecule has 0 bridgehead atoms. The number of amides is 2. The molecule has 1 aliphatic rings. The fourth-order valence-corrected chi connectivity index (χ4v) is 2.98. The van der Waals surface area contributed by atoms with Crippen LogP contribution in [0.25, 0.3) is 0 Å². The van der Waals surface area contributed by atoms with E-state index in [4.69, 9.17) is 4.74 Å². The van der Waals surface area contributed by atoms with Crippen molar-refractivity contribution in [3.8, 4) is 0 Å². The number of carbonyl (C=O) groups is 2. The predicted octanol–water partition coefficient (Wildman–Crippen LogP) is 3.96. The van der Waals surface area contributed by atoms with Crippen molar-refractivity contribution in [3.05, 3.63) is 58.3 Å². The summed E-state index contributed by atoms with van der Waals surface area (Å²) in [6.45, 7) is 0.590. The quantitative estimate of drug-likeness (QED) is 0.807. The van der Waals surface area contributed by atoms with Gasteiger partial charge in [-0.15, -0.1) is 0 Å². The molecular weight excluding hydrogens is 391 g/mol. The lowest BCUT2D eigenvalue weighted by molar-refractivity contribution is -0.124. The second-order valence-corrected chi connectivity index (χ2v) is 6.50. The van der Waals surface area contributed by atoms with Gasteiger partial charge in [0, 0.05) is 22.3 Å². The van der Waals surface area contributed by atoms with Crippen molar-refractivity contribution in [2.75, 3.05) is 17.2 Å². The van der Waals surface area contributed by atoms with Gasteiger partial charge in [-0.05, 0) is 65.2 Å². The van der Waals surface area contributed by atoms with Gasteiger partial charge in [0.15, 0.2) is 0 Å². The molecule has 0 saturated carbocycles. The minimum atomic E-state index is -0.437. The molecule has 1 aliphatic heterocycles. The zero-order valence-electron chi connectivity index (χ0n) is 13.2. The molecule has 130 valence electrons. The maximum absolute atomic E-state index is 13.1. The van der Waals surface area contributed by atoms with Gasteiger partial charge in [-0.2, -0.15) is 0 Å². The third kappa shape index (κ3) is 4.43. The Hall–Kier alpha value is -2.25. The van der Waals surface area contributed by atoms with Gasteiger partial charge in [0.2, 0.25) is 0 Å². The molecule has 0 radical (unpaired) electrons. The first-order valence-electron chi connectivity index (χ1n) is 7.82. The van der Waals surface area contributed by atoms with Crippen LogP contribution >= 0.6 is 15.9 Å². The minimum Gasteiger partial charge on any atom is -0.368 e. The van der Waals surface area contributed by atoms with E-state index in [-0.39, 0.29) is 11.8 Å². The first kappa shape index (κ1) is 17.6. The van der Waals surface area contributed by atoms with E-state index in [9.17, 15) is 14.0 Å². The summed E-state index contributed by atoms with van der Waals surface area (Å²) in [6.07, 6.45) is 1.13. The third-order valence-corrected chi connectivity index (χ3v) is 4.45. The van der Waals surface area contributed by atoms with Gasteiger partial charge in [-0.25, -0.2) is 4.39 Å². The van der Waals surface area contributed by atoms with Crippen LogP contribution in [0.2, 0.25) is 0 Å². The monoisotopic (exact) mass is 406 g/mol. The molecule has 1 fully saturated rings. The number of benzene rings is 2. The summed E-state index contributed by atoms with van der Waals surface area (Å²) >= 11 is 3.21. The van der Waals surface area contributed by atoms with Gasteiger partial charge in [0.25, 0.3) is 11.8 Å². The Labute approximate surface area is 152 Å². The van der Waals surface area contributed by atoms with Crippen LogP contribution < -0.4 is 10.6 Å². The summed E-state index contributed by atoms with van der Waals surface area (Å²) < 4.78 is 18.9. The Balaban J connectivity index is 1.69. The van der Waals surface area contributed by atoms with E-state index in [1.54, 1.807) is 24.3 Å².